The van der Waals surface area contributed by atoms with Gasteiger partial charge in [-0.05, 0) is 41.1 Å². The third kappa shape index (κ3) is 2.58. The molecule has 0 amide bonds. The number of furan rings is 1. The first-order chi connectivity index (χ1) is 7.65. The van der Waals surface area contributed by atoms with Gasteiger partial charge in [0.25, 0.3) is 0 Å². The zero-order valence-electron chi connectivity index (χ0n) is 8.74. The maximum Gasteiger partial charge on any atom is 0.172 e. The summed E-state index contributed by atoms with van der Waals surface area (Å²) in [6.45, 7) is 1.81. The Morgan fingerprint density at radius 2 is 2.31 bits per heavy atom. The molecule has 0 saturated carbocycles. The lowest BCUT2D eigenvalue weighted by Crippen LogP contribution is -2.03. The topological polar surface area (TPSA) is 43.1 Å². The molecule has 0 bridgehead atoms. The SMILES string of the molecule is Cc1cc(C(=O)Cc2ccc(Br)cn2)co1. The van der Waals surface area contributed by atoms with Crippen molar-refractivity contribution in [1.29, 1.82) is 0 Å². The molecule has 0 fully saturated rings. The minimum absolute atomic E-state index is 0.0201. The number of pyridine rings is 1. The van der Waals surface area contributed by atoms with Crippen molar-refractivity contribution in [2.24, 2.45) is 0 Å². The van der Waals surface area contributed by atoms with Gasteiger partial charge >= 0.3 is 0 Å². The van der Waals surface area contributed by atoms with Crippen molar-refractivity contribution in [1.82, 2.24) is 4.98 Å². The Bertz CT molecular complexity index is 502. The number of carbonyl (C=O) groups excluding carboxylic acids is 1. The standard InChI is InChI=1S/C12H10BrNO2/c1-8-4-9(7-16-8)12(15)5-11-3-2-10(13)6-14-11/h2-4,6-7H,5H2,1H3. The molecule has 0 unspecified atom stereocenters. The van der Waals surface area contributed by atoms with Crippen molar-refractivity contribution in [3.8, 4) is 0 Å². The maximum atomic E-state index is 11.8. The van der Waals surface area contributed by atoms with E-state index in [1.54, 1.807) is 12.3 Å². The first-order valence-corrected chi connectivity index (χ1v) is 5.63. The van der Waals surface area contributed by atoms with Gasteiger partial charge in [0.05, 0.1) is 12.0 Å². The second-order valence-electron chi connectivity index (χ2n) is 3.51. The fraction of sp³-hybridized carbons (Fsp3) is 0.167. The van der Waals surface area contributed by atoms with Crippen LogP contribution >= 0.6 is 15.9 Å². The second kappa shape index (κ2) is 4.61. The summed E-state index contributed by atoms with van der Waals surface area (Å²) in [5.74, 6) is 0.763. The monoisotopic (exact) mass is 279 g/mol. The summed E-state index contributed by atoms with van der Waals surface area (Å²) < 4.78 is 6.00. The van der Waals surface area contributed by atoms with Crippen LogP contribution < -0.4 is 0 Å². The van der Waals surface area contributed by atoms with Crippen LogP contribution in [0.25, 0.3) is 0 Å². The Hall–Kier alpha value is -1.42. The van der Waals surface area contributed by atoms with Gasteiger partial charge < -0.3 is 4.42 Å². The number of aryl methyl sites for hydroxylation is 1. The molecule has 0 aliphatic heterocycles. The van der Waals surface area contributed by atoms with E-state index in [2.05, 4.69) is 20.9 Å². The number of carbonyl (C=O) groups is 1. The molecule has 0 atom stereocenters. The number of aromatic nitrogens is 1. The fourth-order valence-corrected chi connectivity index (χ4v) is 1.60. The Labute approximate surface area is 102 Å². The number of ketones is 1. The Kier molecular flexibility index (Phi) is 3.19. The zero-order valence-corrected chi connectivity index (χ0v) is 10.3. The number of hydrogen-bond acceptors (Lipinski definition) is 3. The van der Waals surface area contributed by atoms with E-state index in [4.69, 9.17) is 4.42 Å². The number of rotatable bonds is 3. The van der Waals surface area contributed by atoms with Crippen LogP contribution in [-0.2, 0) is 6.42 Å². The third-order valence-electron chi connectivity index (χ3n) is 2.18. The highest BCUT2D eigenvalue weighted by Crippen LogP contribution is 2.12. The molecule has 2 rings (SSSR count). The number of halogens is 1. The van der Waals surface area contributed by atoms with Gasteiger partial charge in [-0.3, -0.25) is 9.78 Å². The lowest BCUT2D eigenvalue weighted by atomic mass is 10.1. The van der Waals surface area contributed by atoms with Gasteiger partial charge in [-0.25, -0.2) is 0 Å². The lowest BCUT2D eigenvalue weighted by molar-refractivity contribution is 0.0991. The quantitative estimate of drug-likeness (QED) is 0.811. The van der Waals surface area contributed by atoms with Crippen LogP contribution in [0, 0.1) is 6.92 Å². The molecule has 0 aliphatic carbocycles. The third-order valence-corrected chi connectivity index (χ3v) is 2.65. The summed E-state index contributed by atoms with van der Waals surface area (Å²) >= 11 is 3.30. The van der Waals surface area contributed by atoms with Gasteiger partial charge in [-0.2, -0.15) is 0 Å². The van der Waals surface area contributed by atoms with Crippen molar-refractivity contribution >= 4 is 21.7 Å². The zero-order chi connectivity index (χ0) is 11.5. The van der Waals surface area contributed by atoms with E-state index in [0.717, 1.165) is 15.9 Å². The van der Waals surface area contributed by atoms with Gasteiger partial charge in [0.1, 0.15) is 12.0 Å². The van der Waals surface area contributed by atoms with Crippen molar-refractivity contribution in [3.05, 3.63) is 52.1 Å². The fourth-order valence-electron chi connectivity index (χ4n) is 1.37. The Balaban J connectivity index is 2.10. The molecule has 16 heavy (non-hydrogen) atoms. The van der Waals surface area contributed by atoms with E-state index in [-0.39, 0.29) is 5.78 Å². The predicted octanol–water partition coefficient (Wildman–Crippen LogP) is 3.17. The van der Waals surface area contributed by atoms with Crippen molar-refractivity contribution in [2.75, 3.05) is 0 Å². The van der Waals surface area contributed by atoms with Crippen molar-refractivity contribution in [3.63, 3.8) is 0 Å². The van der Waals surface area contributed by atoms with Crippen LogP contribution in [0.1, 0.15) is 21.8 Å². The summed E-state index contributed by atoms with van der Waals surface area (Å²) in [4.78, 5) is 16.0. The number of nitrogens with zero attached hydrogens (tertiary/aromatic N) is 1. The highest BCUT2D eigenvalue weighted by Gasteiger charge is 2.10. The maximum absolute atomic E-state index is 11.8. The van der Waals surface area contributed by atoms with Gasteiger partial charge in [0.15, 0.2) is 5.78 Å². The molecule has 82 valence electrons. The Morgan fingerprint density at radius 3 is 2.88 bits per heavy atom. The minimum Gasteiger partial charge on any atom is -0.469 e. The van der Waals surface area contributed by atoms with Gasteiger partial charge in [0, 0.05) is 16.4 Å². The second-order valence-corrected chi connectivity index (χ2v) is 4.43. The van der Waals surface area contributed by atoms with Crippen molar-refractivity contribution in [2.45, 2.75) is 13.3 Å². The molecule has 3 nitrogen and oxygen atoms in total. The number of hydrogen-bond donors (Lipinski definition) is 0. The van der Waals surface area contributed by atoms with Crippen LogP contribution in [0.5, 0.6) is 0 Å². The van der Waals surface area contributed by atoms with E-state index in [1.165, 1.54) is 6.26 Å². The predicted molar refractivity (Wildman–Crippen MR) is 63.4 cm³/mol. The average Bonchev–Trinajstić information content (AvgIpc) is 2.68. The molecular formula is C12H10BrNO2. The highest BCUT2D eigenvalue weighted by molar-refractivity contribution is 9.10. The minimum atomic E-state index is 0.0201. The molecule has 0 N–H and O–H groups in total. The van der Waals surface area contributed by atoms with Crippen molar-refractivity contribution < 1.29 is 9.21 Å². The summed E-state index contributed by atoms with van der Waals surface area (Å²) in [6.07, 6.45) is 3.46. The summed E-state index contributed by atoms with van der Waals surface area (Å²) in [5.41, 5.74) is 1.36. The van der Waals surface area contributed by atoms with Crippen LogP contribution in [0.3, 0.4) is 0 Å². The lowest BCUT2D eigenvalue weighted by Gasteiger charge is -1.98. The van der Waals surface area contributed by atoms with E-state index >= 15 is 0 Å². The first-order valence-electron chi connectivity index (χ1n) is 4.84. The summed E-state index contributed by atoms with van der Waals surface area (Å²) in [6, 6.07) is 5.44. The van der Waals surface area contributed by atoms with E-state index in [0.29, 0.717) is 12.0 Å². The summed E-state index contributed by atoms with van der Waals surface area (Å²) in [7, 11) is 0. The molecule has 4 heteroatoms. The highest BCUT2D eigenvalue weighted by atomic mass is 79.9. The van der Waals surface area contributed by atoms with E-state index in [1.807, 2.05) is 19.1 Å². The Morgan fingerprint density at radius 1 is 1.50 bits per heavy atom. The number of Topliss-reactive ketones (excluding diaryl/α,β-unsaturated/α-hetero) is 1. The van der Waals surface area contributed by atoms with Crippen LogP contribution in [0.4, 0.5) is 0 Å². The molecule has 0 saturated heterocycles. The largest absolute Gasteiger partial charge is 0.469 e. The van der Waals surface area contributed by atoms with Crippen LogP contribution in [0.2, 0.25) is 0 Å². The smallest absolute Gasteiger partial charge is 0.172 e. The average molecular weight is 280 g/mol. The molecule has 0 spiro atoms. The van der Waals surface area contributed by atoms with Gasteiger partial charge in [-0.15, -0.1) is 0 Å². The molecule has 0 aromatic carbocycles. The molecule has 2 aromatic rings. The van der Waals surface area contributed by atoms with Crippen LogP contribution in [0.15, 0.2) is 39.5 Å². The molecular weight excluding hydrogens is 270 g/mol. The van der Waals surface area contributed by atoms with Crippen LogP contribution in [-0.4, -0.2) is 10.8 Å². The normalized spacial score (nSPS) is 10.4. The van der Waals surface area contributed by atoms with Gasteiger partial charge in [-0.1, -0.05) is 0 Å². The molecule has 2 aromatic heterocycles. The van der Waals surface area contributed by atoms with Gasteiger partial charge in [0.2, 0.25) is 0 Å². The summed E-state index contributed by atoms with van der Waals surface area (Å²) in [5, 5.41) is 0. The van der Waals surface area contributed by atoms with E-state index < -0.39 is 0 Å². The van der Waals surface area contributed by atoms with E-state index in [9.17, 15) is 4.79 Å². The molecule has 0 aliphatic rings. The molecule has 2 heterocycles. The first kappa shape index (κ1) is 11.1. The molecule has 0 radical (unpaired) electrons.